The molecule has 1 aliphatic heterocycles. The Kier molecular flexibility index (Phi) is 5.40. The summed E-state index contributed by atoms with van der Waals surface area (Å²) < 4.78 is 27.2. The van der Waals surface area contributed by atoms with E-state index in [1.54, 1.807) is 0 Å². The number of aromatic nitrogens is 3. The van der Waals surface area contributed by atoms with Crippen molar-refractivity contribution in [3.8, 4) is 0 Å². The summed E-state index contributed by atoms with van der Waals surface area (Å²) in [5, 5.41) is 2.75. The number of H-pyrrole nitrogens is 2. The predicted octanol–water partition coefficient (Wildman–Crippen LogP) is -0.410. The van der Waals surface area contributed by atoms with Gasteiger partial charge in [-0.2, -0.15) is 4.31 Å². The van der Waals surface area contributed by atoms with Gasteiger partial charge in [0.25, 0.3) is 5.56 Å². The number of thioether (sulfide) groups is 1. The van der Waals surface area contributed by atoms with E-state index in [9.17, 15) is 22.8 Å². The topological polar surface area (TPSA) is 145 Å². The number of sulfonamides is 1. The second-order valence-corrected chi connectivity index (χ2v) is 9.09. The van der Waals surface area contributed by atoms with Gasteiger partial charge in [-0.3, -0.25) is 19.6 Å². The molecule has 0 unspecified atom stereocenters. The van der Waals surface area contributed by atoms with Crippen molar-refractivity contribution < 1.29 is 13.2 Å². The van der Waals surface area contributed by atoms with Crippen LogP contribution in [0.25, 0.3) is 11.0 Å². The number of nitrogens with one attached hydrogen (secondary N) is 3. The molecule has 1 amide bonds. The number of nitrogens with zero attached hydrogens (tertiary/aromatic N) is 2. The van der Waals surface area contributed by atoms with Crippen molar-refractivity contribution in [1.82, 2.24) is 24.6 Å². The van der Waals surface area contributed by atoms with Crippen LogP contribution in [0.1, 0.15) is 20.3 Å². The average Bonchev–Trinajstić information content (AvgIpc) is 3.11. The van der Waals surface area contributed by atoms with Gasteiger partial charge < -0.3 is 5.32 Å². The zero-order valence-corrected chi connectivity index (χ0v) is 16.3. The molecule has 0 saturated carbocycles. The molecule has 146 valence electrons. The Balaban J connectivity index is 1.98. The van der Waals surface area contributed by atoms with Crippen molar-refractivity contribution in [2.24, 2.45) is 0 Å². The largest absolute Gasteiger partial charge is 0.352 e. The van der Waals surface area contributed by atoms with Crippen molar-refractivity contribution in [3.05, 3.63) is 33.1 Å². The average molecular weight is 413 g/mol. The summed E-state index contributed by atoms with van der Waals surface area (Å²) in [6.45, 7) is 3.77. The van der Waals surface area contributed by atoms with Crippen molar-refractivity contribution in [2.75, 3.05) is 11.6 Å². The third-order valence-corrected chi connectivity index (χ3v) is 7.31. The van der Waals surface area contributed by atoms with Gasteiger partial charge >= 0.3 is 5.69 Å². The van der Waals surface area contributed by atoms with Crippen LogP contribution in [0.15, 0.2) is 26.7 Å². The van der Waals surface area contributed by atoms with E-state index in [0.717, 1.165) is 23.0 Å². The van der Waals surface area contributed by atoms with E-state index in [4.69, 9.17) is 0 Å². The van der Waals surface area contributed by atoms with E-state index in [0.29, 0.717) is 5.75 Å². The molecule has 3 heterocycles. The molecule has 0 radical (unpaired) electrons. The Morgan fingerprint density at radius 1 is 1.44 bits per heavy atom. The third-order valence-electron chi connectivity index (χ3n) is 4.32. The lowest BCUT2D eigenvalue weighted by Gasteiger charge is -2.24. The van der Waals surface area contributed by atoms with Crippen molar-refractivity contribution in [3.63, 3.8) is 0 Å². The van der Waals surface area contributed by atoms with E-state index < -0.39 is 27.3 Å². The van der Waals surface area contributed by atoms with Gasteiger partial charge in [-0.25, -0.2) is 18.2 Å². The van der Waals surface area contributed by atoms with Crippen molar-refractivity contribution >= 4 is 38.7 Å². The zero-order chi connectivity index (χ0) is 19.8. The van der Waals surface area contributed by atoms with E-state index in [1.165, 1.54) is 11.8 Å². The van der Waals surface area contributed by atoms with Gasteiger partial charge in [0.1, 0.15) is 16.6 Å². The molecule has 2 aromatic heterocycles. The molecule has 27 heavy (non-hydrogen) atoms. The molecular formula is C15H19N5O5S2. The maximum absolute atomic E-state index is 13.0. The molecule has 0 aromatic carbocycles. The number of rotatable bonds is 5. The van der Waals surface area contributed by atoms with Crippen molar-refractivity contribution in [2.45, 2.75) is 37.2 Å². The number of pyridine rings is 1. The highest BCUT2D eigenvalue weighted by atomic mass is 32.2. The number of hydrogen-bond donors (Lipinski definition) is 3. The van der Waals surface area contributed by atoms with Crippen LogP contribution in [0.3, 0.4) is 0 Å². The lowest BCUT2D eigenvalue weighted by Crippen LogP contribution is -2.49. The van der Waals surface area contributed by atoms with Gasteiger partial charge in [0, 0.05) is 18.0 Å². The second-order valence-electron chi connectivity index (χ2n) is 6.20. The van der Waals surface area contributed by atoms with Gasteiger partial charge in [-0.05, 0) is 19.4 Å². The fourth-order valence-electron chi connectivity index (χ4n) is 2.62. The number of carbonyl (C=O) groups excluding carboxylic acids is 1. The molecule has 10 nitrogen and oxygen atoms in total. The Morgan fingerprint density at radius 2 is 2.19 bits per heavy atom. The predicted molar refractivity (Wildman–Crippen MR) is 101 cm³/mol. The number of fused-ring (bicyclic) bond motifs is 1. The molecule has 2 atom stereocenters. The Bertz CT molecular complexity index is 1090. The highest BCUT2D eigenvalue weighted by Crippen LogP contribution is 2.28. The lowest BCUT2D eigenvalue weighted by molar-refractivity contribution is -0.124. The summed E-state index contributed by atoms with van der Waals surface area (Å²) in [5.74, 6) is 0.117. The minimum Gasteiger partial charge on any atom is -0.352 e. The molecule has 1 aliphatic rings. The minimum absolute atomic E-state index is 0.00967. The Labute approximate surface area is 158 Å². The van der Waals surface area contributed by atoms with Crippen LogP contribution in [0.4, 0.5) is 0 Å². The molecule has 0 spiro atoms. The summed E-state index contributed by atoms with van der Waals surface area (Å²) >= 11 is 1.33. The number of carbonyl (C=O) groups is 1. The molecule has 3 rings (SSSR count). The van der Waals surface area contributed by atoms with Crippen molar-refractivity contribution in [1.29, 1.82) is 0 Å². The van der Waals surface area contributed by atoms with Crippen LogP contribution in [-0.4, -0.2) is 57.3 Å². The van der Waals surface area contributed by atoms with Crippen LogP contribution < -0.4 is 16.6 Å². The minimum atomic E-state index is -4.05. The van der Waals surface area contributed by atoms with Gasteiger partial charge in [0.15, 0.2) is 0 Å². The zero-order valence-electron chi connectivity index (χ0n) is 14.7. The third kappa shape index (κ3) is 3.77. The fraction of sp³-hybridized carbons (Fsp3) is 0.467. The van der Waals surface area contributed by atoms with E-state index >= 15 is 0 Å². The van der Waals surface area contributed by atoms with Gasteiger partial charge in [0.05, 0.1) is 11.3 Å². The summed E-state index contributed by atoms with van der Waals surface area (Å²) in [5.41, 5.74) is -1.47. The quantitative estimate of drug-likeness (QED) is 0.604. The molecule has 2 aromatic rings. The molecule has 12 heteroatoms. The molecule has 1 saturated heterocycles. The van der Waals surface area contributed by atoms with Crippen LogP contribution in [0, 0.1) is 0 Å². The lowest BCUT2D eigenvalue weighted by atomic mass is 10.2. The normalized spacial score (nSPS) is 19.3. The van der Waals surface area contributed by atoms with Crippen LogP contribution in [-0.2, 0) is 14.8 Å². The highest BCUT2D eigenvalue weighted by molar-refractivity contribution is 8.00. The van der Waals surface area contributed by atoms with Gasteiger partial charge in [-0.15, -0.1) is 11.8 Å². The maximum atomic E-state index is 13.0. The molecule has 1 fully saturated rings. The summed E-state index contributed by atoms with van der Waals surface area (Å²) in [6.07, 6.45) is 1.80. The summed E-state index contributed by atoms with van der Waals surface area (Å²) in [6, 6.07) is 0.253. The first kappa shape index (κ1) is 19.6. The fourth-order valence-corrected chi connectivity index (χ4v) is 5.74. The van der Waals surface area contributed by atoms with E-state index in [1.807, 2.05) is 18.8 Å². The highest BCUT2D eigenvalue weighted by Gasteiger charge is 2.40. The summed E-state index contributed by atoms with van der Waals surface area (Å²) in [7, 11) is -4.05. The van der Waals surface area contributed by atoms with Crippen LogP contribution in [0.2, 0.25) is 0 Å². The Morgan fingerprint density at radius 3 is 2.89 bits per heavy atom. The SMILES string of the molecule is CC[C@H](C)NC(=O)[C@@H]1CSCN1S(=O)(=O)c1cnc2[nH]c(=O)[nH]c(=O)c2c1. The van der Waals surface area contributed by atoms with E-state index in [-0.39, 0.29) is 33.8 Å². The molecule has 3 N–H and O–H groups in total. The maximum Gasteiger partial charge on any atom is 0.327 e. The standard InChI is InChI=1S/C15H19N5O5S2/c1-3-8(2)17-14(22)11-6-26-7-20(11)27(24,25)9-4-10-12(16-5-9)18-15(23)19-13(10)21/h4-5,8,11H,3,6-7H2,1-2H3,(H,17,22)(H2,16,18,19,21,23)/t8-,11-/m0/s1. The van der Waals surface area contributed by atoms with Crippen LogP contribution >= 0.6 is 11.8 Å². The molecular weight excluding hydrogens is 394 g/mol. The molecule has 0 bridgehead atoms. The molecule has 0 aliphatic carbocycles. The van der Waals surface area contributed by atoms with E-state index in [2.05, 4.69) is 15.3 Å². The first-order chi connectivity index (χ1) is 12.7. The van der Waals surface area contributed by atoms with Crippen LogP contribution in [0.5, 0.6) is 0 Å². The smallest absolute Gasteiger partial charge is 0.327 e. The second kappa shape index (κ2) is 7.44. The Hall–Kier alpha value is -2.18. The van der Waals surface area contributed by atoms with Gasteiger partial charge in [-0.1, -0.05) is 6.92 Å². The number of hydrogen-bond acceptors (Lipinski definition) is 7. The first-order valence-corrected chi connectivity index (χ1v) is 10.9. The number of aromatic amines is 2. The monoisotopic (exact) mass is 413 g/mol. The first-order valence-electron chi connectivity index (χ1n) is 8.26. The van der Waals surface area contributed by atoms with Gasteiger partial charge in [0.2, 0.25) is 15.9 Å². The number of amides is 1. The summed E-state index contributed by atoms with van der Waals surface area (Å²) in [4.78, 5) is 43.7.